The Hall–Kier alpha value is -3.00. The number of anilines is 1. The summed E-state index contributed by atoms with van der Waals surface area (Å²) >= 11 is 5.97. The lowest BCUT2D eigenvalue weighted by atomic mass is 10.2. The number of nitro benzene ring substituents is 1. The van der Waals surface area contributed by atoms with Gasteiger partial charge in [0.1, 0.15) is 19.0 Å². The molecule has 0 fully saturated rings. The predicted octanol–water partition coefficient (Wildman–Crippen LogP) is 3.43. The molecule has 1 amide bonds. The molecule has 0 radical (unpaired) electrons. The number of ether oxygens (including phenoxy) is 3. The molecular formula is C17H15ClN2O6. The first-order valence-electron chi connectivity index (χ1n) is 7.75. The predicted molar refractivity (Wildman–Crippen MR) is 94.3 cm³/mol. The highest BCUT2D eigenvalue weighted by molar-refractivity contribution is 6.32. The molecule has 0 spiro atoms. The number of benzene rings is 2. The van der Waals surface area contributed by atoms with Crippen molar-refractivity contribution in [3.63, 3.8) is 0 Å². The second-order valence-electron chi connectivity index (χ2n) is 5.48. The summed E-state index contributed by atoms with van der Waals surface area (Å²) in [6.07, 6.45) is -0.873. The maximum absolute atomic E-state index is 12.3. The van der Waals surface area contributed by atoms with Crippen molar-refractivity contribution < 1.29 is 23.9 Å². The van der Waals surface area contributed by atoms with Gasteiger partial charge in [-0.15, -0.1) is 0 Å². The molecule has 0 aliphatic carbocycles. The minimum atomic E-state index is -0.873. The zero-order chi connectivity index (χ0) is 18.7. The summed E-state index contributed by atoms with van der Waals surface area (Å²) in [4.78, 5) is 22.5. The summed E-state index contributed by atoms with van der Waals surface area (Å²) < 4.78 is 16.4. The third-order valence-electron chi connectivity index (χ3n) is 3.61. The van der Waals surface area contributed by atoms with Crippen LogP contribution in [0, 0.1) is 10.1 Å². The number of carbonyl (C=O) groups is 1. The van der Waals surface area contributed by atoms with Crippen molar-refractivity contribution in [3.05, 3.63) is 51.5 Å². The number of nitro groups is 1. The fourth-order valence-corrected chi connectivity index (χ4v) is 2.53. The minimum Gasteiger partial charge on any atom is -0.486 e. The van der Waals surface area contributed by atoms with Crippen molar-refractivity contribution in [3.8, 4) is 17.2 Å². The van der Waals surface area contributed by atoms with Gasteiger partial charge in [0.2, 0.25) is 0 Å². The number of hydrogen-bond donors (Lipinski definition) is 1. The van der Waals surface area contributed by atoms with Gasteiger partial charge in [0.05, 0.1) is 9.95 Å². The van der Waals surface area contributed by atoms with E-state index in [1.807, 2.05) is 0 Å². The Balaban J connectivity index is 1.65. The molecule has 136 valence electrons. The smallest absolute Gasteiger partial charge is 0.271 e. The van der Waals surface area contributed by atoms with Crippen LogP contribution in [0.4, 0.5) is 11.4 Å². The summed E-state index contributed by atoms with van der Waals surface area (Å²) in [6.45, 7) is 2.48. The van der Waals surface area contributed by atoms with Crippen LogP contribution < -0.4 is 19.5 Å². The first-order chi connectivity index (χ1) is 12.4. The standard InChI is InChI=1S/C17H15ClN2O6/c1-10(26-14-5-3-12(20(22)23)9-13(14)18)17(21)19-11-2-4-15-16(8-11)25-7-6-24-15/h2-5,8-10H,6-7H2,1H3,(H,19,21)/t10-/m1/s1. The first-order valence-corrected chi connectivity index (χ1v) is 8.13. The summed E-state index contributed by atoms with van der Waals surface area (Å²) in [7, 11) is 0. The molecule has 1 N–H and O–H groups in total. The van der Waals surface area contributed by atoms with E-state index in [1.54, 1.807) is 25.1 Å². The molecule has 26 heavy (non-hydrogen) atoms. The average molecular weight is 379 g/mol. The number of fused-ring (bicyclic) bond motifs is 1. The number of non-ortho nitro benzene ring substituents is 1. The molecule has 0 unspecified atom stereocenters. The summed E-state index contributed by atoms with van der Waals surface area (Å²) in [5.74, 6) is 0.954. The van der Waals surface area contributed by atoms with Gasteiger partial charge in [-0.25, -0.2) is 0 Å². The van der Waals surface area contributed by atoms with Crippen LogP contribution in [0.25, 0.3) is 0 Å². The molecule has 8 nitrogen and oxygen atoms in total. The van der Waals surface area contributed by atoms with Crippen molar-refractivity contribution >= 4 is 28.9 Å². The third-order valence-corrected chi connectivity index (χ3v) is 3.90. The van der Waals surface area contributed by atoms with Crippen LogP contribution in [0.15, 0.2) is 36.4 Å². The van der Waals surface area contributed by atoms with E-state index in [1.165, 1.54) is 18.2 Å². The topological polar surface area (TPSA) is 99.9 Å². The van der Waals surface area contributed by atoms with Gasteiger partial charge in [-0.2, -0.15) is 0 Å². The molecule has 9 heteroatoms. The molecule has 0 aromatic heterocycles. The van der Waals surface area contributed by atoms with Crippen LogP contribution in [-0.4, -0.2) is 30.1 Å². The van der Waals surface area contributed by atoms with Crippen LogP contribution in [-0.2, 0) is 4.79 Å². The van der Waals surface area contributed by atoms with E-state index in [4.69, 9.17) is 25.8 Å². The first kappa shape index (κ1) is 17.8. The van der Waals surface area contributed by atoms with Gasteiger partial charge in [0.15, 0.2) is 17.6 Å². The number of nitrogens with zero attached hydrogens (tertiary/aromatic N) is 1. The van der Waals surface area contributed by atoms with E-state index in [2.05, 4.69) is 5.32 Å². The highest BCUT2D eigenvalue weighted by atomic mass is 35.5. The maximum Gasteiger partial charge on any atom is 0.271 e. The van der Waals surface area contributed by atoms with E-state index < -0.39 is 16.9 Å². The van der Waals surface area contributed by atoms with Gasteiger partial charge in [-0.1, -0.05) is 11.6 Å². The quantitative estimate of drug-likeness (QED) is 0.632. The van der Waals surface area contributed by atoms with E-state index in [0.717, 1.165) is 0 Å². The lowest BCUT2D eigenvalue weighted by molar-refractivity contribution is -0.384. The Morgan fingerprint density at radius 3 is 2.65 bits per heavy atom. The Bertz CT molecular complexity index is 857. The molecular weight excluding hydrogens is 364 g/mol. The number of nitrogens with one attached hydrogen (secondary N) is 1. The van der Waals surface area contributed by atoms with Crippen molar-refractivity contribution in [1.29, 1.82) is 0 Å². The Morgan fingerprint density at radius 1 is 1.23 bits per heavy atom. The Morgan fingerprint density at radius 2 is 1.96 bits per heavy atom. The lowest BCUT2D eigenvalue weighted by Crippen LogP contribution is -2.30. The highest BCUT2D eigenvalue weighted by Gasteiger charge is 2.19. The van der Waals surface area contributed by atoms with Crippen molar-refractivity contribution in [2.24, 2.45) is 0 Å². The second kappa shape index (κ2) is 7.49. The second-order valence-corrected chi connectivity index (χ2v) is 5.89. The van der Waals surface area contributed by atoms with Crippen molar-refractivity contribution in [1.82, 2.24) is 0 Å². The van der Waals surface area contributed by atoms with Crippen LogP contribution in [0.5, 0.6) is 17.2 Å². The monoisotopic (exact) mass is 378 g/mol. The normalized spacial score (nSPS) is 13.6. The fraction of sp³-hybridized carbons (Fsp3) is 0.235. The van der Waals surface area contributed by atoms with Crippen LogP contribution in [0.1, 0.15) is 6.92 Å². The largest absolute Gasteiger partial charge is 0.486 e. The third kappa shape index (κ3) is 3.97. The molecule has 0 saturated heterocycles. The highest BCUT2D eigenvalue weighted by Crippen LogP contribution is 2.33. The summed E-state index contributed by atoms with van der Waals surface area (Å²) in [6, 6.07) is 8.85. The molecule has 2 aromatic carbocycles. The molecule has 0 saturated carbocycles. The average Bonchev–Trinajstić information content (AvgIpc) is 2.63. The fourth-order valence-electron chi connectivity index (χ4n) is 2.31. The maximum atomic E-state index is 12.3. The van der Waals surface area contributed by atoms with E-state index in [0.29, 0.717) is 30.4 Å². The van der Waals surface area contributed by atoms with Gasteiger partial charge in [0.25, 0.3) is 11.6 Å². The lowest BCUT2D eigenvalue weighted by Gasteiger charge is -2.20. The number of carbonyl (C=O) groups excluding carboxylic acids is 1. The van der Waals surface area contributed by atoms with Gasteiger partial charge in [-0.3, -0.25) is 14.9 Å². The van der Waals surface area contributed by atoms with Crippen molar-refractivity contribution in [2.45, 2.75) is 13.0 Å². The van der Waals surface area contributed by atoms with Crippen LogP contribution in [0.3, 0.4) is 0 Å². The summed E-state index contributed by atoms with van der Waals surface area (Å²) in [5, 5.41) is 13.5. The van der Waals surface area contributed by atoms with E-state index in [9.17, 15) is 14.9 Å². The van der Waals surface area contributed by atoms with E-state index in [-0.39, 0.29) is 16.5 Å². The molecule has 1 aliphatic heterocycles. The number of amides is 1. The zero-order valence-electron chi connectivity index (χ0n) is 13.7. The molecule has 1 heterocycles. The number of halogens is 1. The summed E-state index contributed by atoms with van der Waals surface area (Å²) in [5.41, 5.74) is 0.375. The van der Waals surface area contributed by atoms with Gasteiger partial charge in [-0.05, 0) is 25.1 Å². The number of rotatable bonds is 5. The molecule has 1 aliphatic rings. The minimum absolute atomic E-state index is 0.0539. The van der Waals surface area contributed by atoms with Crippen molar-refractivity contribution in [2.75, 3.05) is 18.5 Å². The van der Waals surface area contributed by atoms with Crippen LogP contribution in [0.2, 0.25) is 5.02 Å². The van der Waals surface area contributed by atoms with Gasteiger partial charge < -0.3 is 19.5 Å². The molecule has 1 atom stereocenters. The zero-order valence-corrected chi connectivity index (χ0v) is 14.5. The molecule has 3 rings (SSSR count). The van der Waals surface area contributed by atoms with Gasteiger partial charge in [0, 0.05) is 23.9 Å². The molecule has 2 aromatic rings. The van der Waals surface area contributed by atoms with Crippen LogP contribution >= 0.6 is 11.6 Å². The Labute approximate surface area is 153 Å². The molecule has 0 bridgehead atoms. The number of hydrogen-bond acceptors (Lipinski definition) is 6. The Kier molecular flexibility index (Phi) is 5.13. The van der Waals surface area contributed by atoms with Gasteiger partial charge >= 0.3 is 0 Å². The SMILES string of the molecule is C[C@@H](Oc1ccc([N+](=O)[O-])cc1Cl)C(=O)Nc1ccc2c(c1)OCCO2. The van der Waals surface area contributed by atoms with E-state index >= 15 is 0 Å².